The van der Waals surface area contributed by atoms with E-state index in [2.05, 4.69) is 20.9 Å². The van der Waals surface area contributed by atoms with Gasteiger partial charge in [0.1, 0.15) is 13.2 Å². The third kappa shape index (κ3) is 3.11. The second-order valence-corrected chi connectivity index (χ2v) is 6.12. The Bertz CT molecular complexity index is 711. The summed E-state index contributed by atoms with van der Waals surface area (Å²) in [7, 11) is 0. The van der Waals surface area contributed by atoms with Gasteiger partial charge in [-0.1, -0.05) is 11.8 Å². The van der Waals surface area contributed by atoms with Gasteiger partial charge in [-0.15, -0.1) is 0 Å². The molecule has 1 aromatic heterocycles. The van der Waals surface area contributed by atoms with Crippen LogP contribution in [0.2, 0.25) is 0 Å². The lowest BCUT2D eigenvalue weighted by atomic mass is 10.3. The fourth-order valence-corrected chi connectivity index (χ4v) is 3.01. The number of fused-ring (bicyclic) bond motifs is 1. The van der Waals surface area contributed by atoms with E-state index in [0.29, 0.717) is 34.2 Å². The number of aromatic nitrogens is 1. The van der Waals surface area contributed by atoms with Crippen LogP contribution in [0.5, 0.6) is 11.5 Å². The van der Waals surface area contributed by atoms with Crippen LogP contribution in [0.25, 0.3) is 0 Å². The van der Waals surface area contributed by atoms with Crippen molar-refractivity contribution in [1.82, 2.24) is 4.98 Å². The first-order chi connectivity index (χ1) is 10.1. The average molecular weight is 369 g/mol. The predicted octanol–water partition coefficient (Wildman–Crippen LogP) is 3.67. The van der Waals surface area contributed by atoms with E-state index in [9.17, 15) is 10.1 Å². The number of nitro groups is 1. The van der Waals surface area contributed by atoms with Gasteiger partial charge in [-0.3, -0.25) is 10.1 Å². The van der Waals surface area contributed by atoms with Crippen molar-refractivity contribution in [1.29, 1.82) is 0 Å². The molecule has 1 aliphatic heterocycles. The number of rotatable bonds is 3. The number of halogens is 1. The topological polar surface area (TPSA) is 74.5 Å². The van der Waals surface area contributed by atoms with Crippen molar-refractivity contribution in [3.8, 4) is 11.5 Å². The summed E-state index contributed by atoms with van der Waals surface area (Å²) in [5.41, 5.74) is -0.0377. The Morgan fingerprint density at radius 2 is 2.00 bits per heavy atom. The van der Waals surface area contributed by atoms with Crippen molar-refractivity contribution in [2.45, 2.75) is 9.92 Å². The summed E-state index contributed by atoms with van der Waals surface area (Å²) in [6.07, 6.45) is 1.54. The Morgan fingerprint density at radius 3 is 2.76 bits per heavy atom. The highest BCUT2D eigenvalue weighted by Gasteiger charge is 2.18. The molecule has 0 saturated carbocycles. The summed E-state index contributed by atoms with van der Waals surface area (Å²) in [6, 6.07) is 6.85. The summed E-state index contributed by atoms with van der Waals surface area (Å²) >= 11 is 4.40. The van der Waals surface area contributed by atoms with Gasteiger partial charge >= 0.3 is 5.69 Å². The summed E-state index contributed by atoms with van der Waals surface area (Å²) in [6.45, 7) is 1.02. The van der Waals surface area contributed by atoms with E-state index in [4.69, 9.17) is 9.47 Å². The standard InChI is InChI=1S/C13H9BrN2O4S/c14-8-5-10(16(17)18)13(15-7-8)21-9-1-2-11-12(6-9)20-4-3-19-11/h1-2,5-7H,3-4H2. The molecule has 0 N–H and O–H groups in total. The molecule has 0 aliphatic carbocycles. The second-order valence-electron chi connectivity index (χ2n) is 4.14. The summed E-state index contributed by atoms with van der Waals surface area (Å²) in [4.78, 5) is 15.5. The molecular weight excluding hydrogens is 360 g/mol. The maximum Gasteiger partial charge on any atom is 0.302 e. The van der Waals surface area contributed by atoms with Crippen LogP contribution in [-0.2, 0) is 0 Å². The van der Waals surface area contributed by atoms with Crippen molar-refractivity contribution in [2.75, 3.05) is 13.2 Å². The minimum atomic E-state index is -0.446. The monoisotopic (exact) mass is 368 g/mol. The minimum absolute atomic E-state index is 0.0377. The molecule has 108 valence electrons. The highest BCUT2D eigenvalue weighted by molar-refractivity contribution is 9.10. The first-order valence-corrected chi connectivity index (χ1v) is 7.62. The zero-order valence-electron chi connectivity index (χ0n) is 10.6. The molecule has 0 fully saturated rings. The second kappa shape index (κ2) is 5.90. The number of nitrogens with zero attached hydrogens (tertiary/aromatic N) is 2. The van der Waals surface area contributed by atoms with Crippen LogP contribution in [0.4, 0.5) is 5.69 Å². The zero-order valence-corrected chi connectivity index (χ0v) is 13.0. The Morgan fingerprint density at radius 1 is 1.24 bits per heavy atom. The van der Waals surface area contributed by atoms with E-state index in [-0.39, 0.29) is 5.69 Å². The van der Waals surface area contributed by atoms with Crippen molar-refractivity contribution in [3.63, 3.8) is 0 Å². The molecule has 6 nitrogen and oxygen atoms in total. The zero-order chi connectivity index (χ0) is 14.8. The van der Waals surface area contributed by atoms with E-state index < -0.39 is 4.92 Å². The first kappa shape index (κ1) is 14.2. The first-order valence-electron chi connectivity index (χ1n) is 6.01. The average Bonchev–Trinajstić information content (AvgIpc) is 2.49. The number of ether oxygens (including phenoxy) is 2. The van der Waals surface area contributed by atoms with Crippen LogP contribution in [0.3, 0.4) is 0 Å². The minimum Gasteiger partial charge on any atom is -0.486 e. The Labute approximate surface area is 132 Å². The predicted molar refractivity (Wildman–Crippen MR) is 80.1 cm³/mol. The van der Waals surface area contributed by atoms with Crippen molar-refractivity contribution in [3.05, 3.63) is 45.0 Å². The molecule has 21 heavy (non-hydrogen) atoms. The lowest BCUT2D eigenvalue weighted by molar-refractivity contribution is -0.388. The Hall–Kier alpha value is -1.80. The molecule has 1 aromatic carbocycles. The molecular formula is C13H9BrN2O4S. The van der Waals surface area contributed by atoms with Crippen LogP contribution in [0.15, 0.2) is 44.9 Å². The normalized spacial score (nSPS) is 13.0. The van der Waals surface area contributed by atoms with Gasteiger partial charge in [0.15, 0.2) is 16.5 Å². The van der Waals surface area contributed by atoms with Gasteiger partial charge < -0.3 is 9.47 Å². The number of pyridine rings is 1. The third-order valence-corrected chi connectivity index (χ3v) is 4.15. The van der Waals surface area contributed by atoms with Gasteiger partial charge in [0.25, 0.3) is 0 Å². The Balaban J connectivity index is 1.92. The van der Waals surface area contributed by atoms with Crippen LogP contribution in [0.1, 0.15) is 0 Å². The van der Waals surface area contributed by atoms with E-state index >= 15 is 0 Å². The molecule has 0 radical (unpaired) electrons. The van der Waals surface area contributed by atoms with Crippen LogP contribution in [-0.4, -0.2) is 23.1 Å². The lowest BCUT2D eigenvalue weighted by Gasteiger charge is -2.18. The molecule has 1 aliphatic rings. The molecule has 0 unspecified atom stereocenters. The van der Waals surface area contributed by atoms with Crippen molar-refractivity contribution < 1.29 is 14.4 Å². The van der Waals surface area contributed by atoms with E-state index in [1.807, 2.05) is 6.07 Å². The summed E-state index contributed by atoms with van der Waals surface area (Å²) in [5, 5.41) is 11.4. The molecule has 0 spiro atoms. The molecule has 0 amide bonds. The molecule has 2 heterocycles. The van der Waals surface area contributed by atoms with Gasteiger partial charge in [-0.25, -0.2) is 4.98 Å². The SMILES string of the molecule is O=[N+]([O-])c1cc(Br)cnc1Sc1ccc2c(c1)OCCO2. The largest absolute Gasteiger partial charge is 0.486 e. The fraction of sp³-hybridized carbons (Fsp3) is 0.154. The maximum atomic E-state index is 11.1. The van der Waals surface area contributed by atoms with Crippen LogP contribution in [0, 0.1) is 10.1 Å². The van der Waals surface area contributed by atoms with Crippen molar-refractivity contribution >= 4 is 33.4 Å². The van der Waals surface area contributed by atoms with Crippen LogP contribution >= 0.6 is 27.7 Å². The van der Waals surface area contributed by atoms with Gasteiger partial charge in [0.2, 0.25) is 0 Å². The summed E-state index contributed by atoms with van der Waals surface area (Å²) < 4.78 is 11.5. The molecule has 2 aromatic rings. The number of hydrogen-bond acceptors (Lipinski definition) is 6. The maximum absolute atomic E-state index is 11.1. The molecule has 0 atom stereocenters. The van der Waals surface area contributed by atoms with E-state index in [1.54, 1.807) is 12.1 Å². The van der Waals surface area contributed by atoms with Gasteiger partial charge in [-0.2, -0.15) is 0 Å². The van der Waals surface area contributed by atoms with Gasteiger partial charge in [0.05, 0.1) is 4.92 Å². The summed E-state index contributed by atoms with van der Waals surface area (Å²) in [5.74, 6) is 1.33. The fourth-order valence-electron chi connectivity index (χ4n) is 1.82. The molecule has 3 rings (SSSR count). The molecule has 0 bridgehead atoms. The molecule has 0 saturated heterocycles. The third-order valence-electron chi connectivity index (χ3n) is 2.72. The Kier molecular flexibility index (Phi) is 3.98. The number of benzene rings is 1. The highest BCUT2D eigenvalue weighted by atomic mass is 79.9. The van der Waals surface area contributed by atoms with Crippen molar-refractivity contribution in [2.24, 2.45) is 0 Å². The number of hydrogen-bond donors (Lipinski definition) is 0. The highest BCUT2D eigenvalue weighted by Crippen LogP contribution is 2.39. The molecule has 8 heteroatoms. The van der Waals surface area contributed by atoms with Gasteiger partial charge in [0, 0.05) is 21.6 Å². The van der Waals surface area contributed by atoms with E-state index in [0.717, 1.165) is 4.90 Å². The lowest BCUT2D eigenvalue weighted by Crippen LogP contribution is -2.15. The van der Waals surface area contributed by atoms with Crippen LogP contribution < -0.4 is 9.47 Å². The smallest absolute Gasteiger partial charge is 0.302 e. The van der Waals surface area contributed by atoms with E-state index in [1.165, 1.54) is 24.0 Å². The van der Waals surface area contributed by atoms with Gasteiger partial charge in [-0.05, 0) is 34.1 Å². The quantitative estimate of drug-likeness (QED) is 0.607.